The maximum Gasteiger partial charge on any atom is 0.336 e. The number of hydrogen-bond donors (Lipinski definition) is 2. The van der Waals surface area contributed by atoms with Crippen molar-refractivity contribution in [2.75, 3.05) is 0 Å². The monoisotopic (exact) mass is 271 g/mol. The first-order valence-corrected chi connectivity index (χ1v) is 5.51. The van der Waals surface area contributed by atoms with Crippen LogP contribution in [-0.4, -0.2) is 11.1 Å². The second-order valence-electron chi connectivity index (χ2n) is 3.81. The predicted molar refractivity (Wildman–Crippen MR) is 62.9 cm³/mol. The summed E-state index contributed by atoms with van der Waals surface area (Å²) in [4.78, 5) is 11.0. The Balaban J connectivity index is 3.22. The Morgan fingerprint density at radius 3 is 2.53 bits per heavy atom. The molecule has 0 heterocycles. The second-order valence-corrected chi connectivity index (χ2v) is 4.72. The maximum absolute atomic E-state index is 11.0. The lowest BCUT2D eigenvalue weighted by molar-refractivity contribution is 0.0694. The van der Waals surface area contributed by atoms with Crippen LogP contribution in [0.2, 0.25) is 0 Å². The van der Waals surface area contributed by atoms with E-state index in [9.17, 15) is 4.79 Å². The molecule has 3 nitrogen and oxygen atoms in total. The summed E-state index contributed by atoms with van der Waals surface area (Å²) < 4.78 is 0.750. The molecule has 0 saturated carbocycles. The summed E-state index contributed by atoms with van der Waals surface area (Å²) in [6.45, 7) is 3.94. The Morgan fingerprint density at radius 1 is 1.47 bits per heavy atom. The Hall–Kier alpha value is -0.870. The lowest BCUT2D eigenvalue weighted by Gasteiger charge is -2.18. The highest BCUT2D eigenvalue weighted by Gasteiger charge is 2.18. The van der Waals surface area contributed by atoms with E-state index in [-0.39, 0.29) is 17.5 Å². The number of benzene rings is 1. The van der Waals surface area contributed by atoms with E-state index in [0.717, 1.165) is 4.47 Å². The average Bonchev–Trinajstić information content (AvgIpc) is 2.16. The molecule has 0 radical (unpaired) electrons. The Morgan fingerprint density at radius 2 is 2.07 bits per heavy atom. The van der Waals surface area contributed by atoms with Gasteiger partial charge in [0.1, 0.15) is 0 Å². The fraction of sp³-hybridized carbons (Fsp3) is 0.364. The number of hydrogen-bond acceptors (Lipinski definition) is 2. The third-order valence-electron chi connectivity index (χ3n) is 2.32. The van der Waals surface area contributed by atoms with Crippen LogP contribution in [0.25, 0.3) is 0 Å². The van der Waals surface area contributed by atoms with E-state index in [2.05, 4.69) is 15.9 Å². The van der Waals surface area contributed by atoms with Gasteiger partial charge in [0.25, 0.3) is 0 Å². The standard InChI is InChI=1S/C11H14BrNO2/c1-6(2)10(13)8-4-3-7(12)5-9(8)11(14)15/h3-6,10H,13H2,1-2H3,(H,14,15)/t10-/m0/s1. The summed E-state index contributed by atoms with van der Waals surface area (Å²) >= 11 is 3.25. The third-order valence-corrected chi connectivity index (χ3v) is 2.82. The van der Waals surface area contributed by atoms with Gasteiger partial charge < -0.3 is 10.8 Å². The van der Waals surface area contributed by atoms with E-state index < -0.39 is 5.97 Å². The van der Waals surface area contributed by atoms with Gasteiger partial charge in [0.2, 0.25) is 0 Å². The van der Waals surface area contributed by atoms with Gasteiger partial charge in [0.05, 0.1) is 5.56 Å². The molecule has 0 spiro atoms. The molecular formula is C11H14BrNO2. The van der Waals surface area contributed by atoms with Crippen LogP contribution in [0.15, 0.2) is 22.7 Å². The lowest BCUT2D eigenvalue weighted by atomic mass is 9.93. The number of rotatable bonds is 3. The zero-order valence-corrected chi connectivity index (χ0v) is 10.3. The molecule has 0 fully saturated rings. The molecule has 1 rings (SSSR count). The van der Waals surface area contributed by atoms with Crippen LogP contribution in [0.5, 0.6) is 0 Å². The molecule has 0 aliphatic carbocycles. The molecule has 0 saturated heterocycles. The van der Waals surface area contributed by atoms with Gasteiger partial charge in [-0.3, -0.25) is 0 Å². The topological polar surface area (TPSA) is 63.3 Å². The molecule has 15 heavy (non-hydrogen) atoms. The number of nitrogens with two attached hydrogens (primary N) is 1. The van der Waals surface area contributed by atoms with E-state index in [1.165, 1.54) is 0 Å². The van der Waals surface area contributed by atoms with Gasteiger partial charge in [-0.05, 0) is 23.6 Å². The van der Waals surface area contributed by atoms with Crippen molar-refractivity contribution in [3.8, 4) is 0 Å². The van der Waals surface area contributed by atoms with Gasteiger partial charge in [0, 0.05) is 10.5 Å². The molecule has 4 heteroatoms. The molecule has 0 aliphatic rings. The lowest BCUT2D eigenvalue weighted by Crippen LogP contribution is -2.19. The van der Waals surface area contributed by atoms with Gasteiger partial charge in [-0.15, -0.1) is 0 Å². The third kappa shape index (κ3) is 2.79. The van der Waals surface area contributed by atoms with Crippen LogP contribution in [-0.2, 0) is 0 Å². The van der Waals surface area contributed by atoms with E-state index >= 15 is 0 Å². The minimum absolute atomic E-state index is 0.212. The summed E-state index contributed by atoms with van der Waals surface area (Å²) in [6.07, 6.45) is 0. The highest BCUT2D eigenvalue weighted by Crippen LogP contribution is 2.25. The summed E-state index contributed by atoms with van der Waals surface area (Å²) in [5.41, 5.74) is 6.90. The van der Waals surface area contributed by atoms with Gasteiger partial charge >= 0.3 is 5.97 Å². The van der Waals surface area contributed by atoms with E-state index in [4.69, 9.17) is 10.8 Å². The van der Waals surface area contributed by atoms with Crippen LogP contribution in [0.4, 0.5) is 0 Å². The molecule has 1 atom stereocenters. The van der Waals surface area contributed by atoms with Crippen molar-refractivity contribution < 1.29 is 9.90 Å². The van der Waals surface area contributed by atoms with Crippen molar-refractivity contribution in [3.63, 3.8) is 0 Å². The molecule has 0 bridgehead atoms. The Kier molecular flexibility index (Phi) is 3.88. The summed E-state index contributed by atoms with van der Waals surface area (Å²) in [5.74, 6) is -0.730. The number of carbonyl (C=O) groups is 1. The van der Waals surface area contributed by atoms with Crippen LogP contribution < -0.4 is 5.73 Å². The molecule has 3 N–H and O–H groups in total. The smallest absolute Gasteiger partial charge is 0.336 e. The molecule has 82 valence electrons. The first kappa shape index (κ1) is 12.2. The SMILES string of the molecule is CC(C)[C@H](N)c1ccc(Br)cc1C(=O)O. The van der Waals surface area contributed by atoms with Crippen molar-refractivity contribution in [1.29, 1.82) is 0 Å². The zero-order valence-electron chi connectivity index (χ0n) is 8.70. The largest absolute Gasteiger partial charge is 0.478 e. The zero-order chi connectivity index (χ0) is 11.6. The van der Waals surface area contributed by atoms with Gasteiger partial charge in [-0.2, -0.15) is 0 Å². The van der Waals surface area contributed by atoms with Gasteiger partial charge in [-0.1, -0.05) is 35.8 Å². The number of aromatic carboxylic acids is 1. The van der Waals surface area contributed by atoms with E-state index in [1.807, 2.05) is 19.9 Å². The summed E-state index contributed by atoms with van der Waals surface area (Å²) in [6, 6.07) is 4.91. The van der Waals surface area contributed by atoms with E-state index in [1.54, 1.807) is 12.1 Å². The molecule has 0 unspecified atom stereocenters. The van der Waals surface area contributed by atoms with Crippen LogP contribution in [0, 0.1) is 5.92 Å². The number of carboxylic acids is 1. The minimum atomic E-state index is -0.942. The maximum atomic E-state index is 11.0. The van der Waals surface area contributed by atoms with Crippen molar-refractivity contribution in [2.24, 2.45) is 11.7 Å². The van der Waals surface area contributed by atoms with Crippen molar-refractivity contribution >= 4 is 21.9 Å². The average molecular weight is 272 g/mol. The fourth-order valence-electron chi connectivity index (χ4n) is 1.36. The molecule has 0 aromatic heterocycles. The number of carboxylic acid groups (broad SMARTS) is 1. The second kappa shape index (κ2) is 4.77. The fourth-order valence-corrected chi connectivity index (χ4v) is 1.72. The molecular weight excluding hydrogens is 258 g/mol. The Bertz CT molecular complexity index is 377. The highest BCUT2D eigenvalue weighted by atomic mass is 79.9. The molecule has 1 aromatic rings. The minimum Gasteiger partial charge on any atom is -0.478 e. The number of halogens is 1. The van der Waals surface area contributed by atoms with Crippen LogP contribution in [0.3, 0.4) is 0 Å². The van der Waals surface area contributed by atoms with Crippen molar-refractivity contribution in [2.45, 2.75) is 19.9 Å². The van der Waals surface area contributed by atoms with Crippen molar-refractivity contribution in [1.82, 2.24) is 0 Å². The van der Waals surface area contributed by atoms with Crippen LogP contribution in [0.1, 0.15) is 35.8 Å². The predicted octanol–water partition coefficient (Wildman–Crippen LogP) is 2.80. The van der Waals surface area contributed by atoms with Gasteiger partial charge in [0.15, 0.2) is 0 Å². The Labute approximate surface area is 97.4 Å². The van der Waals surface area contributed by atoms with E-state index in [0.29, 0.717) is 5.56 Å². The van der Waals surface area contributed by atoms with Crippen molar-refractivity contribution in [3.05, 3.63) is 33.8 Å². The highest BCUT2D eigenvalue weighted by molar-refractivity contribution is 9.10. The summed E-state index contributed by atoms with van der Waals surface area (Å²) in [7, 11) is 0. The molecule has 1 aromatic carbocycles. The normalized spacial score (nSPS) is 12.9. The first-order valence-electron chi connectivity index (χ1n) is 4.71. The van der Waals surface area contributed by atoms with Gasteiger partial charge in [-0.25, -0.2) is 4.79 Å². The quantitative estimate of drug-likeness (QED) is 0.889. The molecule has 0 amide bonds. The molecule has 0 aliphatic heterocycles. The first-order chi connectivity index (χ1) is 6.93. The van der Waals surface area contributed by atoms with Crippen LogP contribution >= 0.6 is 15.9 Å². The summed E-state index contributed by atoms with van der Waals surface area (Å²) in [5, 5.41) is 9.04.